The van der Waals surface area contributed by atoms with Gasteiger partial charge in [-0.15, -0.1) is 0 Å². The summed E-state index contributed by atoms with van der Waals surface area (Å²) in [5, 5.41) is 11.3. The largest absolute Gasteiger partial charge is 0.462 e. The molecular weight excluding hydrogens is 398 g/mol. The summed E-state index contributed by atoms with van der Waals surface area (Å²) in [7, 11) is 1.63. The Morgan fingerprint density at radius 2 is 1.71 bits per heavy atom. The van der Waals surface area contributed by atoms with Gasteiger partial charge in [0.15, 0.2) is 0 Å². The number of rotatable bonds is 7. The van der Waals surface area contributed by atoms with Crippen LogP contribution in [0.5, 0.6) is 0 Å². The van der Waals surface area contributed by atoms with Gasteiger partial charge in [-0.2, -0.15) is 0 Å². The highest BCUT2D eigenvalue weighted by Gasteiger charge is 2.21. The highest BCUT2D eigenvalue weighted by molar-refractivity contribution is 5.98. The van der Waals surface area contributed by atoms with Crippen LogP contribution in [0, 0.1) is 10.1 Å². The highest BCUT2D eigenvalue weighted by Crippen LogP contribution is 2.22. The summed E-state index contributed by atoms with van der Waals surface area (Å²) in [5.41, 5.74) is 1.86. The summed E-state index contributed by atoms with van der Waals surface area (Å²) >= 11 is 0. The molecule has 8 heteroatoms. The second-order valence-corrected chi connectivity index (χ2v) is 7.62. The van der Waals surface area contributed by atoms with Gasteiger partial charge >= 0.3 is 5.97 Å². The average molecular weight is 425 g/mol. The lowest BCUT2D eigenvalue weighted by Gasteiger charge is -2.29. The molecule has 1 fully saturated rings. The SMILES string of the molecule is CCOC(=O)c1cc(C(=O)N(C)Cc2ccc(N3CCCCC3)cc2)cc([N+](=O)[O-])c1. The number of piperidine rings is 1. The van der Waals surface area contributed by atoms with Gasteiger partial charge in [-0.05, 0) is 49.9 Å². The predicted octanol–water partition coefficient (Wildman–Crippen LogP) is 4.03. The molecule has 0 spiro atoms. The fourth-order valence-electron chi connectivity index (χ4n) is 3.70. The Kier molecular flexibility index (Phi) is 7.23. The first kappa shape index (κ1) is 22.3. The molecule has 8 nitrogen and oxygen atoms in total. The van der Waals surface area contributed by atoms with E-state index in [4.69, 9.17) is 4.74 Å². The molecule has 0 aliphatic carbocycles. The molecule has 2 aromatic rings. The van der Waals surface area contributed by atoms with Crippen LogP contribution in [0.1, 0.15) is 52.5 Å². The zero-order valence-electron chi connectivity index (χ0n) is 17.9. The summed E-state index contributed by atoms with van der Waals surface area (Å²) in [4.78, 5) is 39.4. The number of nitro benzene ring substituents is 1. The van der Waals surface area contributed by atoms with E-state index in [0.717, 1.165) is 24.7 Å². The maximum Gasteiger partial charge on any atom is 0.338 e. The van der Waals surface area contributed by atoms with Crippen molar-refractivity contribution in [1.29, 1.82) is 0 Å². The molecule has 0 radical (unpaired) electrons. The van der Waals surface area contributed by atoms with Crippen molar-refractivity contribution in [3.63, 3.8) is 0 Å². The zero-order valence-corrected chi connectivity index (χ0v) is 17.9. The number of hydrogen-bond donors (Lipinski definition) is 0. The van der Waals surface area contributed by atoms with E-state index in [9.17, 15) is 19.7 Å². The van der Waals surface area contributed by atoms with Crippen LogP contribution < -0.4 is 4.90 Å². The Bertz CT molecular complexity index is 952. The Balaban J connectivity index is 1.74. The third-order valence-corrected chi connectivity index (χ3v) is 5.31. The molecule has 2 aromatic carbocycles. The van der Waals surface area contributed by atoms with Gasteiger partial charge in [0.1, 0.15) is 0 Å². The summed E-state index contributed by atoms with van der Waals surface area (Å²) in [6.07, 6.45) is 3.68. The molecule has 0 bridgehead atoms. The molecule has 0 atom stereocenters. The Labute approximate surface area is 181 Å². The standard InChI is InChI=1S/C23H27N3O5/c1-3-31-23(28)19-13-18(14-21(15-19)26(29)30)22(27)24(2)16-17-7-9-20(10-8-17)25-11-5-4-6-12-25/h7-10,13-15H,3-6,11-12,16H2,1-2H3. The summed E-state index contributed by atoms with van der Waals surface area (Å²) in [6, 6.07) is 11.7. The minimum atomic E-state index is -0.698. The monoisotopic (exact) mass is 425 g/mol. The zero-order chi connectivity index (χ0) is 22.4. The second kappa shape index (κ2) is 10.1. The topological polar surface area (TPSA) is 93.0 Å². The van der Waals surface area contributed by atoms with Crippen molar-refractivity contribution in [3.8, 4) is 0 Å². The lowest BCUT2D eigenvalue weighted by molar-refractivity contribution is -0.384. The van der Waals surface area contributed by atoms with Crippen molar-refractivity contribution in [2.45, 2.75) is 32.7 Å². The van der Waals surface area contributed by atoms with Gasteiger partial charge in [0.25, 0.3) is 11.6 Å². The number of benzene rings is 2. The van der Waals surface area contributed by atoms with Crippen LogP contribution in [0.2, 0.25) is 0 Å². The normalized spacial score (nSPS) is 13.5. The number of esters is 1. The van der Waals surface area contributed by atoms with Gasteiger partial charge in [0.2, 0.25) is 0 Å². The quantitative estimate of drug-likeness (QED) is 0.378. The van der Waals surface area contributed by atoms with E-state index in [1.165, 1.54) is 42.0 Å². The number of amides is 1. The number of carbonyl (C=O) groups excluding carboxylic acids is 2. The lowest BCUT2D eigenvalue weighted by atomic mass is 10.1. The molecule has 0 N–H and O–H groups in total. The summed E-state index contributed by atoms with van der Waals surface area (Å²) in [5.74, 6) is -1.11. The van der Waals surface area contributed by atoms with Crippen molar-refractivity contribution in [1.82, 2.24) is 4.90 Å². The number of nitrogens with zero attached hydrogens (tertiary/aromatic N) is 3. The van der Waals surface area contributed by atoms with Gasteiger partial charge in [0.05, 0.1) is 17.1 Å². The molecule has 1 amide bonds. The van der Waals surface area contributed by atoms with E-state index >= 15 is 0 Å². The van der Waals surface area contributed by atoms with Crippen molar-refractivity contribution in [2.24, 2.45) is 0 Å². The number of carbonyl (C=O) groups is 2. The Morgan fingerprint density at radius 3 is 2.32 bits per heavy atom. The second-order valence-electron chi connectivity index (χ2n) is 7.62. The molecular formula is C23H27N3O5. The lowest BCUT2D eigenvalue weighted by Crippen LogP contribution is -2.29. The molecule has 1 saturated heterocycles. The minimum Gasteiger partial charge on any atom is -0.462 e. The number of anilines is 1. The number of ether oxygens (including phenoxy) is 1. The molecule has 1 aliphatic rings. The van der Waals surface area contributed by atoms with Crippen LogP contribution in [-0.4, -0.2) is 48.4 Å². The van der Waals surface area contributed by atoms with Gasteiger partial charge in [0, 0.05) is 50.1 Å². The third-order valence-electron chi connectivity index (χ3n) is 5.31. The Morgan fingerprint density at radius 1 is 1.06 bits per heavy atom. The fourth-order valence-corrected chi connectivity index (χ4v) is 3.70. The van der Waals surface area contributed by atoms with Crippen LogP contribution in [0.3, 0.4) is 0 Å². The van der Waals surface area contributed by atoms with E-state index in [-0.39, 0.29) is 23.4 Å². The summed E-state index contributed by atoms with van der Waals surface area (Å²) < 4.78 is 4.92. The fraction of sp³-hybridized carbons (Fsp3) is 0.391. The third kappa shape index (κ3) is 5.59. The maximum atomic E-state index is 12.9. The molecule has 31 heavy (non-hydrogen) atoms. The van der Waals surface area contributed by atoms with Gasteiger partial charge in [-0.3, -0.25) is 14.9 Å². The highest BCUT2D eigenvalue weighted by atomic mass is 16.6. The average Bonchev–Trinajstić information content (AvgIpc) is 2.79. The molecule has 1 heterocycles. The molecule has 3 rings (SSSR count). The van der Waals surface area contributed by atoms with E-state index < -0.39 is 16.8 Å². The van der Waals surface area contributed by atoms with Gasteiger partial charge < -0.3 is 14.5 Å². The van der Waals surface area contributed by atoms with Crippen LogP contribution in [-0.2, 0) is 11.3 Å². The number of non-ortho nitro benzene ring substituents is 1. The van der Waals surface area contributed by atoms with Crippen LogP contribution >= 0.6 is 0 Å². The molecule has 0 saturated carbocycles. The molecule has 1 aliphatic heterocycles. The van der Waals surface area contributed by atoms with Crippen LogP contribution in [0.4, 0.5) is 11.4 Å². The van der Waals surface area contributed by atoms with E-state index in [1.54, 1.807) is 14.0 Å². The minimum absolute atomic E-state index is 0.0151. The van der Waals surface area contributed by atoms with Crippen molar-refractivity contribution in [2.75, 3.05) is 31.6 Å². The first-order chi connectivity index (χ1) is 14.9. The van der Waals surface area contributed by atoms with E-state index in [1.807, 2.05) is 12.1 Å². The Hall–Kier alpha value is -3.42. The van der Waals surface area contributed by atoms with E-state index in [2.05, 4.69) is 17.0 Å². The number of hydrogen-bond acceptors (Lipinski definition) is 6. The van der Waals surface area contributed by atoms with Crippen molar-refractivity contribution >= 4 is 23.3 Å². The van der Waals surface area contributed by atoms with Crippen LogP contribution in [0.25, 0.3) is 0 Å². The van der Waals surface area contributed by atoms with Crippen molar-refractivity contribution in [3.05, 3.63) is 69.3 Å². The smallest absolute Gasteiger partial charge is 0.338 e. The summed E-state index contributed by atoms with van der Waals surface area (Å²) in [6.45, 7) is 4.25. The van der Waals surface area contributed by atoms with Crippen molar-refractivity contribution < 1.29 is 19.2 Å². The van der Waals surface area contributed by atoms with E-state index in [0.29, 0.717) is 6.54 Å². The molecule has 0 unspecified atom stereocenters. The number of nitro groups is 1. The molecule has 164 valence electrons. The first-order valence-electron chi connectivity index (χ1n) is 10.4. The van der Waals surface area contributed by atoms with Crippen LogP contribution in [0.15, 0.2) is 42.5 Å². The van der Waals surface area contributed by atoms with Gasteiger partial charge in [-0.25, -0.2) is 4.79 Å². The predicted molar refractivity (Wildman–Crippen MR) is 117 cm³/mol. The van der Waals surface area contributed by atoms with Gasteiger partial charge in [-0.1, -0.05) is 12.1 Å². The molecule has 0 aromatic heterocycles. The first-order valence-corrected chi connectivity index (χ1v) is 10.4. The maximum absolute atomic E-state index is 12.9.